The smallest absolute Gasteiger partial charge is 0.256 e. The van der Waals surface area contributed by atoms with Gasteiger partial charge in [-0.1, -0.05) is 0 Å². The summed E-state index contributed by atoms with van der Waals surface area (Å²) < 4.78 is 36.6. The number of imidazole rings is 1. The van der Waals surface area contributed by atoms with E-state index in [1.54, 1.807) is 0 Å². The van der Waals surface area contributed by atoms with Crippen LogP contribution in [0.15, 0.2) is 18.5 Å². The molecule has 1 aromatic carbocycles. The number of carbonyl (C=O) groups is 1. The number of primary sulfonamides is 1. The van der Waals surface area contributed by atoms with Crippen LogP contribution in [0.4, 0.5) is 4.39 Å². The number of fused-ring (bicyclic) bond motifs is 1. The molecule has 3 N–H and O–H groups in total. The lowest BCUT2D eigenvalue weighted by atomic mass is 9.99. The van der Waals surface area contributed by atoms with E-state index < -0.39 is 21.7 Å². The first kappa shape index (κ1) is 15.9. The van der Waals surface area contributed by atoms with E-state index in [0.717, 1.165) is 0 Å². The van der Waals surface area contributed by atoms with Gasteiger partial charge < -0.3 is 9.88 Å². The highest BCUT2D eigenvalue weighted by molar-refractivity contribution is 7.89. The van der Waals surface area contributed by atoms with Crippen molar-refractivity contribution in [1.29, 1.82) is 0 Å². The summed E-state index contributed by atoms with van der Waals surface area (Å²) in [7, 11) is -3.59. The number of nitrogens with two attached hydrogens (primary N) is 1. The minimum absolute atomic E-state index is 0.0548. The van der Waals surface area contributed by atoms with E-state index in [4.69, 9.17) is 5.14 Å². The first-order valence-electron chi connectivity index (χ1n) is 7.26. The van der Waals surface area contributed by atoms with Gasteiger partial charge in [0.05, 0.1) is 28.7 Å². The number of hydrogen-bond donors (Lipinski definition) is 2. The highest BCUT2D eigenvalue weighted by Gasteiger charge is 2.28. The van der Waals surface area contributed by atoms with Crippen LogP contribution in [0.3, 0.4) is 0 Å². The first-order valence-corrected chi connectivity index (χ1v) is 8.97. The second-order valence-corrected chi connectivity index (χ2v) is 7.50. The van der Waals surface area contributed by atoms with Gasteiger partial charge in [-0.15, -0.1) is 0 Å². The Morgan fingerprint density at radius 2 is 2.26 bits per heavy atom. The number of nitrogens with one attached hydrogen (secondary N) is 1. The maximum Gasteiger partial charge on any atom is 0.256 e. The number of hydrogen-bond acceptors (Lipinski definition) is 4. The van der Waals surface area contributed by atoms with E-state index in [9.17, 15) is 17.6 Å². The molecule has 1 saturated heterocycles. The van der Waals surface area contributed by atoms with Crippen molar-refractivity contribution in [2.75, 3.05) is 18.8 Å². The Kier molecular flexibility index (Phi) is 4.07. The van der Waals surface area contributed by atoms with Crippen LogP contribution >= 0.6 is 0 Å². The fourth-order valence-electron chi connectivity index (χ4n) is 3.00. The summed E-state index contributed by atoms with van der Waals surface area (Å²) in [6.07, 6.45) is 2.78. The molecule has 2 aromatic rings. The van der Waals surface area contributed by atoms with E-state index in [1.165, 1.54) is 23.4 Å². The molecule has 3 rings (SSSR count). The predicted molar refractivity (Wildman–Crippen MR) is 82.7 cm³/mol. The number of aromatic amines is 1. The molecule has 1 fully saturated rings. The summed E-state index contributed by atoms with van der Waals surface area (Å²) in [5.74, 6) is -1.47. The number of likely N-dealkylation sites (tertiary alicyclic amines) is 1. The van der Waals surface area contributed by atoms with Gasteiger partial charge in [-0.3, -0.25) is 4.79 Å². The molecule has 1 atom stereocenters. The molecule has 1 aromatic heterocycles. The van der Waals surface area contributed by atoms with Crippen molar-refractivity contribution in [3.8, 4) is 0 Å². The average molecular weight is 340 g/mol. The van der Waals surface area contributed by atoms with Crippen LogP contribution in [-0.2, 0) is 10.0 Å². The van der Waals surface area contributed by atoms with E-state index >= 15 is 0 Å². The Balaban J connectivity index is 1.82. The summed E-state index contributed by atoms with van der Waals surface area (Å²) in [5.41, 5.74) is 0.971. The van der Waals surface area contributed by atoms with Crippen LogP contribution in [0.1, 0.15) is 23.2 Å². The number of piperidine rings is 1. The number of halogens is 1. The van der Waals surface area contributed by atoms with E-state index in [-0.39, 0.29) is 23.8 Å². The molecule has 0 radical (unpaired) electrons. The minimum Gasteiger partial charge on any atom is -0.345 e. The van der Waals surface area contributed by atoms with Crippen molar-refractivity contribution < 1.29 is 17.6 Å². The quantitative estimate of drug-likeness (QED) is 0.863. The molecule has 23 heavy (non-hydrogen) atoms. The van der Waals surface area contributed by atoms with E-state index in [1.807, 2.05) is 0 Å². The largest absolute Gasteiger partial charge is 0.345 e. The molecule has 9 heteroatoms. The Morgan fingerprint density at radius 3 is 3.00 bits per heavy atom. The van der Waals surface area contributed by atoms with Gasteiger partial charge in [0.25, 0.3) is 5.91 Å². The number of rotatable bonds is 3. The molecular formula is C14H17FN4O3S. The van der Waals surface area contributed by atoms with Crippen LogP contribution in [0.25, 0.3) is 11.0 Å². The van der Waals surface area contributed by atoms with Crippen LogP contribution < -0.4 is 5.14 Å². The molecule has 0 aliphatic carbocycles. The van der Waals surface area contributed by atoms with Gasteiger partial charge in [-0.25, -0.2) is 22.9 Å². The zero-order valence-electron chi connectivity index (χ0n) is 12.3. The van der Waals surface area contributed by atoms with Crippen molar-refractivity contribution in [3.63, 3.8) is 0 Å². The third kappa shape index (κ3) is 3.50. The molecule has 1 amide bonds. The summed E-state index contributed by atoms with van der Waals surface area (Å²) in [6.45, 7) is 0.727. The van der Waals surface area contributed by atoms with Crippen molar-refractivity contribution in [1.82, 2.24) is 14.9 Å². The Bertz CT molecular complexity index is 849. The van der Waals surface area contributed by atoms with Crippen molar-refractivity contribution in [3.05, 3.63) is 29.8 Å². The maximum absolute atomic E-state index is 14.2. The number of benzene rings is 1. The lowest BCUT2D eigenvalue weighted by Gasteiger charge is -2.32. The molecule has 1 unspecified atom stereocenters. The lowest BCUT2D eigenvalue weighted by Crippen LogP contribution is -2.42. The number of carbonyl (C=O) groups excluding carboxylic acids is 1. The number of H-pyrrole nitrogens is 1. The zero-order chi connectivity index (χ0) is 16.6. The number of nitrogens with zero attached hydrogens (tertiary/aromatic N) is 2. The second kappa shape index (κ2) is 5.89. The lowest BCUT2D eigenvalue weighted by molar-refractivity contribution is 0.0679. The molecular weight excluding hydrogens is 323 g/mol. The van der Waals surface area contributed by atoms with Crippen LogP contribution in [0, 0.1) is 11.7 Å². The van der Waals surface area contributed by atoms with Crippen LogP contribution in [0.2, 0.25) is 0 Å². The number of sulfonamides is 1. The highest BCUT2D eigenvalue weighted by Crippen LogP contribution is 2.22. The van der Waals surface area contributed by atoms with Gasteiger partial charge in [0, 0.05) is 19.2 Å². The van der Waals surface area contributed by atoms with E-state index in [2.05, 4.69) is 9.97 Å². The van der Waals surface area contributed by atoms with Gasteiger partial charge in [0.1, 0.15) is 5.82 Å². The Hall–Kier alpha value is -2.00. The number of aromatic nitrogens is 2. The average Bonchev–Trinajstić information content (AvgIpc) is 2.91. The topological polar surface area (TPSA) is 109 Å². The molecule has 1 aliphatic rings. The normalized spacial score (nSPS) is 19.2. The summed E-state index contributed by atoms with van der Waals surface area (Å²) >= 11 is 0. The third-order valence-corrected chi connectivity index (χ3v) is 4.95. The highest BCUT2D eigenvalue weighted by atomic mass is 32.2. The monoisotopic (exact) mass is 340 g/mol. The summed E-state index contributed by atoms with van der Waals surface area (Å²) in [6, 6.07) is 2.65. The van der Waals surface area contributed by atoms with Crippen LogP contribution in [-0.4, -0.2) is 48.0 Å². The van der Waals surface area contributed by atoms with Crippen molar-refractivity contribution >= 4 is 27.0 Å². The standard InChI is InChI=1S/C14H17FN4O3S/c15-11-5-13-12(17-8-18-13)4-10(11)14(20)19-3-1-2-9(6-19)7-23(16,21)22/h4-5,8-9H,1-3,6-7H2,(H,17,18)(H2,16,21,22). The Labute approximate surface area is 132 Å². The molecule has 0 bridgehead atoms. The van der Waals surface area contributed by atoms with Crippen molar-refractivity contribution in [2.45, 2.75) is 12.8 Å². The van der Waals surface area contributed by atoms with Gasteiger partial charge >= 0.3 is 0 Å². The molecule has 0 spiro atoms. The predicted octanol–water partition coefficient (Wildman–Crippen LogP) is 0.843. The van der Waals surface area contributed by atoms with Crippen LogP contribution in [0.5, 0.6) is 0 Å². The van der Waals surface area contributed by atoms with Crippen molar-refractivity contribution in [2.24, 2.45) is 11.1 Å². The Morgan fingerprint density at radius 1 is 1.48 bits per heavy atom. The van der Waals surface area contributed by atoms with E-state index in [0.29, 0.717) is 30.4 Å². The van der Waals surface area contributed by atoms with Gasteiger partial charge in [-0.05, 0) is 24.8 Å². The summed E-state index contributed by atoms with van der Waals surface area (Å²) in [4.78, 5) is 20.9. The second-order valence-electron chi connectivity index (χ2n) is 5.84. The van der Waals surface area contributed by atoms with Gasteiger partial charge in [0.15, 0.2) is 0 Å². The third-order valence-electron chi connectivity index (χ3n) is 4.01. The minimum atomic E-state index is -3.59. The molecule has 7 nitrogen and oxygen atoms in total. The number of amides is 1. The first-order chi connectivity index (χ1) is 10.8. The molecule has 0 saturated carbocycles. The zero-order valence-corrected chi connectivity index (χ0v) is 13.1. The molecule has 1 aliphatic heterocycles. The fourth-order valence-corrected chi connectivity index (χ4v) is 3.93. The maximum atomic E-state index is 14.2. The van der Waals surface area contributed by atoms with Gasteiger partial charge in [-0.2, -0.15) is 0 Å². The summed E-state index contributed by atoms with van der Waals surface area (Å²) in [5, 5.41) is 5.07. The molecule has 124 valence electrons. The SMILES string of the molecule is NS(=O)(=O)CC1CCCN(C(=O)c2cc3nc[nH]c3cc2F)C1. The van der Waals surface area contributed by atoms with Gasteiger partial charge in [0.2, 0.25) is 10.0 Å². The fraction of sp³-hybridized carbons (Fsp3) is 0.429. The molecule has 2 heterocycles.